The molecule has 1 heterocycles. The summed E-state index contributed by atoms with van der Waals surface area (Å²) in [5.41, 5.74) is 2.88. The summed E-state index contributed by atoms with van der Waals surface area (Å²) >= 11 is 0. The van der Waals surface area contributed by atoms with Crippen LogP contribution in [-0.4, -0.2) is 34.3 Å². The van der Waals surface area contributed by atoms with E-state index in [4.69, 9.17) is 5.11 Å². The van der Waals surface area contributed by atoms with Gasteiger partial charge in [0.25, 0.3) is 5.91 Å². The molecule has 0 spiro atoms. The Morgan fingerprint density at radius 3 is 2.56 bits per heavy atom. The average molecular weight is 338 g/mol. The summed E-state index contributed by atoms with van der Waals surface area (Å²) in [5.74, 6) is -1.44. The van der Waals surface area contributed by atoms with Crippen LogP contribution >= 0.6 is 0 Å². The largest absolute Gasteiger partial charge is 0.480 e. The molecule has 0 atom stereocenters. The topological polar surface area (TPSA) is 86.7 Å². The third kappa shape index (κ3) is 4.03. The van der Waals surface area contributed by atoms with E-state index < -0.39 is 5.97 Å². The molecule has 1 aliphatic heterocycles. The summed E-state index contributed by atoms with van der Waals surface area (Å²) in [5, 5.41) is 11.9. The molecule has 6 nitrogen and oxygen atoms in total. The molecular weight excluding hydrogens is 320 g/mol. The number of hydrogen-bond donors (Lipinski definition) is 2. The number of nitrogens with one attached hydrogen (secondary N) is 1. The number of aliphatic carboxylic acids is 1. The van der Waals surface area contributed by atoms with E-state index in [0.717, 1.165) is 11.1 Å². The number of carboxylic acid groups (broad SMARTS) is 1. The first-order valence-electron chi connectivity index (χ1n) is 8.00. The van der Waals surface area contributed by atoms with E-state index in [-0.39, 0.29) is 24.9 Å². The summed E-state index contributed by atoms with van der Waals surface area (Å²) in [6.07, 6.45) is 0.952. The molecule has 0 aromatic heterocycles. The van der Waals surface area contributed by atoms with Gasteiger partial charge >= 0.3 is 5.97 Å². The highest BCUT2D eigenvalue weighted by Crippen LogP contribution is 2.24. The van der Waals surface area contributed by atoms with Gasteiger partial charge in [-0.1, -0.05) is 30.3 Å². The number of hydrogen-bond acceptors (Lipinski definition) is 3. The highest BCUT2D eigenvalue weighted by molar-refractivity contribution is 5.98. The fourth-order valence-electron chi connectivity index (χ4n) is 2.87. The van der Waals surface area contributed by atoms with Gasteiger partial charge in [-0.05, 0) is 35.7 Å². The normalized spacial score (nSPS) is 12.9. The van der Waals surface area contributed by atoms with Crippen molar-refractivity contribution in [3.63, 3.8) is 0 Å². The Kier molecular flexibility index (Phi) is 4.79. The lowest BCUT2D eigenvalue weighted by Crippen LogP contribution is -2.35. The van der Waals surface area contributed by atoms with Gasteiger partial charge in [0.1, 0.15) is 6.54 Å². The van der Waals surface area contributed by atoms with E-state index in [0.29, 0.717) is 24.1 Å². The molecule has 2 N–H and O–H groups in total. The van der Waals surface area contributed by atoms with E-state index in [9.17, 15) is 14.4 Å². The summed E-state index contributed by atoms with van der Waals surface area (Å²) in [7, 11) is 0. The number of carbonyl (C=O) groups is 3. The van der Waals surface area contributed by atoms with Crippen LogP contribution in [0.5, 0.6) is 0 Å². The summed E-state index contributed by atoms with van der Waals surface area (Å²) in [4.78, 5) is 36.7. The van der Waals surface area contributed by atoms with Crippen molar-refractivity contribution in [3.8, 4) is 0 Å². The van der Waals surface area contributed by atoms with Gasteiger partial charge in [-0.15, -0.1) is 0 Å². The maximum absolute atomic E-state index is 12.8. The van der Waals surface area contributed by atoms with Crippen molar-refractivity contribution in [1.29, 1.82) is 0 Å². The molecule has 2 amide bonds. The number of aryl methyl sites for hydroxylation is 1. The lowest BCUT2D eigenvalue weighted by Gasteiger charge is -2.22. The number of carboxylic acids is 1. The van der Waals surface area contributed by atoms with Gasteiger partial charge in [0.2, 0.25) is 5.91 Å². The zero-order valence-electron chi connectivity index (χ0n) is 13.6. The van der Waals surface area contributed by atoms with Crippen LogP contribution in [0.4, 0.5) is 5.69 Å². The van der Waals surface area contributed by atoms with Crippen molar-refractivity contribution in [2.75, 3.05) is 11.9 Å². The van der Waals surface area contributed by atoms with Gasteiger partial charge in [0.05, 0.1) is 0 Å². The smallest absolute Gasteiger partial charge is 0.323 e. The Labute approximate surface area is 145 Å². The van der Waals surface area contributed by atoms with Crippen LogP contribution in [0.1, 0.15) is 27.9 Å². The van der Waals surface area contributed by atoms with Crippen LogP contribution < -0.4 is 5.32 Å². The minimum Gasteiger partial charge on any atom is -0.480 e. The van der Waals surface area contributed by atoms with Gasteiger partial charge in [0.15, 0.2) is 0 Å². The van der Waals surface area contributed by atoms with Gasteiger partial charge in [-0.2, -0.15) is 0 Å². The molecule has 2 aromatic carbocycles. The third-order valence-corrected chi connectivity index (χ3v) is 4.08. The number of nitrogens with zero attached hydrogens (tertiary/aromatic N) is 1. The Morgan fingerprint density at radius 2 is 1.84 bits per heavy atom. The maximum Gasteiger partial charge on any atom is 0.323 e. The molecule has 0 bridgehead atoms. The number of benzene rings is 2. The first kappa shape index (κ1) is 16.7. The van der Waals surface area contributed by atoms with Crippen molar-refractivity contribution < 1.29 is 19.5 Å². The summed E-state index contributed by atoms with van der Waals surface area (Å²) in [6.45, 7) is -0.151. The number of amides is 2. The molecular formula is C19H18N2O4. The van der Waals surface area contributed by atoms with Crippen LogP contribution in [0, 0.1) is 0 Å². The molecule has 128 valence electrons. The first-order valence-corrected chi connectivity index (χ1v) is 8.00. The van der Waals surface area contributed by atoms with Crippen LogP contribution in [-0.2, 0) is 22.6 Å². The number of carbonyl (C=O) groups excluding carboxylic acids is 2. The van der Waals surface area contributed by atoms with Crippen LogP contribution in [0.15, 0.2) is 48.5 Å². The Bertz CT molecular complexity index is 817. The predicted octanol–water partition coefficient (Wildman–Crippen LogP) is 2.30. The monoisotopic (exact) mass is 338 g/mol. The van der Waals surface area contributed by atoms with Crippen molar-refractivity contribution in [3.05, 3.63) is 65.2 Å². The van der Waals surface area contributed by atoms with E-state index in [2.05, 4.69) is 5.32 Å². The average Bonchev–Trinajstić information content (AvgIpc) is 2.60. The molecule has 0 aliphatic carbocycles. The second-order valence-corrected chi connectivity index (χ2v) is 5.96. The number of rotatable bonds is 5. The van der Waals surface area contributed by atoms with Crippen LogP contribution in [0.2, 0.25) is 0 Å². The molecule has 1 aliphatic rings. The summed E-state index contributed by atoms with van der Waals surface area (Å²) < 4.78 is 0. The Balaban J connectivity index is 1.84. The second kappa shape index (κ2) is 7.17. The molecule has 25 heavy (non-hydrogen) atoms. The zero-order chi connectivity index (χ0) is 17.8. The summed E-state index contributed by atoms with van der Waals surface area (Å²) in [6, 6.07) is 14.3. The van der Waals surface area contributed by atoms with Crippen LogP contribution in [0.25, 0.3) is 0 Å². The lowest BCUT2D eigenvalue weighted by molar-refractivity contribution is -0.137. The molecule has 6 heteroatoms. The number of anilines is 1. The van der Waals surface area contributed by atoms with Crippen molar-refractivity contribution in [1.82, 2.24) is 4.90 Å². The maximum atomic E-state index is 12.8. The van der Waals surface area contributed by atoms with Crippen molar-refractivity contribution >= 4 is 23.5 Å². The first-order chi connectivity index (χ1) is 12.0. The fraction of sp³-hybridized carbons (Fsp3) is 0.211. The molecule has 0 radical (unpaired) electrons. The molecule has 3 rings (SSSR count). The van der Waals surface area contributed by atoms with Crippen LogP contribution in [0.3, 0.4) is 0 Å². The third-order valence-electron chi connectivity index (χ3n) is 4.08. The van der Waals surface area contributed by atoms with E-state index in [1.165, 1.54) is 4.90 Å². The Hall–Kier alpha value is -3.15. The van der Waals surface area contributed by atoms with E-state index >= 15 is 0 Å². The minimum absolute atomic E-state index is 0.0387. The minimum atomic E-state index is -1.06. The molecule has 0 unspecified atom stereocenters. The standard InChI is InChI=1S/C19H18N2O4/c22-17-9-7-14-10-15(6-8-16(14)20-17)19(25)21(12-18(23)24)11-13-4-2-1-3-5-13/h1-6,8,10H,7,9,11-12H2,(H,20,22)(H,23,24). The number of fused-ring (bicyclic) bond motifs is 1. The highest BCUT2D eigenvalue weighted by atomic mass is 16.4. The molecule has 0 saturated heterocycles. The van der Waals surface area contributed by atoms with Gasteiger partial charge in [-0.3, -0.25) is 14.4 Å². The van der Waals surface area contributed by atoms with E-state index in [1.807, 2.05) is 30.3 Å². The Morgan fingerprint density at radius 1 is 1.08 bits per heavy atom. The molecule has 2 aromatic rings. The quantitative estimate of drug-likeness (QED) is 0.876. The lowest BCUT2D eigenvalue weighted by atomic mass is 10.00. The van der Waals surface area contributed by atoms with Gasteiger partial charge in [0, 0.05) is 24.2 Å². The predicted molar refractivity (Wildman–Crippen MR) is 92.2 cm³/mol. The van der Waals surface area contributed by atoms with Crippen molar-refractivity contribution in [2.45, 2.75) is 19.4 Å². The van der Waals surface area contributed by atoms with Gasteiger partial charge < -0.3 is 15.3 Å². The zero-order valence-corrected chi connectivity index (χ0v) is 13.6. The fourth-order valence-corrected chi connectivity index (χ4v) is 2.87. The van der Waals surface area contributed by atoms with Gasteiger partial charge in [-0.25, -0.2) is 0 Å². The highest BCUT2D eigenvalue weighted by Gasteiger charge is 2.21. The molecule has 0 fully saturated rings. The van der Waals surface area contributed by atoms with Crippen molar-refractivity contribution in [2.24, 2.45) is 0 Å². The van der Waals surface area contributed by atoms with E-state index in [1.54, 1.807) is 18.2 Å². The second-order valence-electron chi connectivity index (χ2n) is 5.96. The molecule has 0 saturated carbocycles. The SMILES string of the molecule is O=C(O)CN(Cc1ccccc1)C(=O)c1ccc2c(c1)CCC(=O)N2.